The molecule has 0 N–H and O–H groups in total. The van der Waals surface area contributed by atoms with E-state index in [1.807, 2.05) is 42.5 Å². The largest absolute Gasteiger partial charge is 0.493 e. The van der Waals surface area contributed by atoms with Crippen molar-refractivity contribution >= 4 is 22.6 Å². The van der Waals surface area contributed by atoms with E-state index in [4.69, 9.17) is 30.2 Å². The van der Waals surface area contributed by atoms with Crippen molar-refractivity contribution in [3.8, 4) is 23.0 Å². The molecule has 0 radical (unpaired) electrons. The van der Waals surface area contributed by atoms with Gasteiger partial charge in [-0.2, -0.15) is 0 Å². The summed E-state index contributed by atoms with van der Waals surface area (Å²) in [6, 6.07) is 18.5. The second kappa shape index (κ2) is 9.17. The van der Waals surface area contributed by atoms with Crippen molar-refractivity contribution in [1.82, 2.24) is 4.90 Å². The molecule has 5 rings (SSSR count). The topological polar surface area (TPSA) is 61.1 Å². The molecule has 0 unspecified atom stereocenters. The highest BCUT2D eigenvalue weighted by atomic mass is 35.5. The van der Waals surface area contributed by atoms with Gasteiger partial charge in [-0.15, -0.1) is 0 Å². The highest BCUT2D eigenvalue weighted by Gasteiger charge is 2.23. The first kappa shape index (κ1) is 21.4. The third-order valence-corrected chi connectivity index (χ3v) is 5.93. The zero-order chi connectivity index (χ0) is 22.8. The normalized spacial score (nSPS) is 13.4. The van der Waals surface area contributed by atoms with Crippen LogP contribution in [0.2, 0.25) is 5.02 Å². The molecular weight excluding hydrogens is 442 g/mol. The molecule has 7 heteroatoms. The van der Waals surface area contributed by atoms with Crippen LogP contribution in [-0.4, -0.2) is 25.3 Å². The monoisotopic (exact) mass is 463 g/mol. The first-order valence-corrected chi connectivity index (χ1v) is 11.0. The summed E-state index contributed by atoms with van der Waals surface area (Å²) < 4.78 is 23.0. The highest BCUT2D eigenvalue weighted by molar-refractivity contribution is 6.30. The van der Waals surface area contributed by atoms with E-state index in [1.165, 1.54) is 11.8 Å². The second-order valence-electron chi connectivity index (χ2n) is 7.80. The predicted molar refractivity (Wildman–Crippen MR) is 127 cm³/mol. The lowest BCUT2D eigenvalue weighted by molar-refractivity contribution is 0.0968. The van der Waals surface area contributed by atoms with Crippen LogP contribution in [-0.2, 0) is 13.0 Å². The molecule has 0 fully saturated rings. The zero-order valence-corrected chi connectivity index (χ0v) is 18.8. The third kappa shape index (κ3) is 4.40. The molecule has 1 aliphatic heterocycles. The summed E-state index contributed by atoms with van der Waals surface area (Å²) in [4.78, 5) is 15.3. The average Bonchev–Trinajstić information content (AvgIpc) is 2.85. The second-order valence-corrected chi connectivity index (χ2v) is 8.24. The molecule has 0 aliphatic carbocycles. The zero-order valence-electron chi connectivity index (χ0n) is 18.0. The minimum Gasteiger partial charge on any atom is -0.493 e. The summed E-state index contributed by atoms with van der Waals surface area (Å²) in [5.74, 6) is 1.81. The Balaban J connectivity index is 1.40. The maximum absolute atomic E-state index is 13.1. The Bertz CT molecular complexity index is 1350. The van der Waals surface area contributed by atoms with E-state index in [9.17, 15) is 4.79 Å². The van der Waals surface area contributed by atoms with E-state index in [0.29, 0.717) is 35.7 Å². The lowest BCUT2D eigenvalue weighted by Gasteiger charge is -2.29. The summed E-state index contributed by atoms with van der Waals surface area (Å²) in [5, 5.41) is 1.17. The van der Waals surface area contributed by atoms with Gasteiger partial charge in [-0.1, -0.05) is 35.9 Å². The number of benzene rings is 3. The van der Waals surface area contributed by atoms with Crippen molar-refractivity contribution in [2.24, 2.45) is 0 Å². The van der Waals surface area contributed by atoms with Gasteiger partial charge in [-0.05, 0) is 48.4 Å². The van der Waals surface area contributed by atoms with Crippen molar-refractivity contribution in [2.75, 3.05) is 20.4 Å². The molecule has 4 aromatic rings. The number of hydrogen-bond donors (Lipinski definition) is 0. The molecule has 33 heavy (non-hydrogen) atoms. The Morgan fingerprint density at radius 3 is 2.58 bits per heavy atom. The van der Waals surface area contributed by atoms with E-state index in [-0.39, 0.29) is 11.2 Å². The molecule has 2 heterocycles. The minimum absolute atomic E-state index is 0.100. The molecule has 3 aromatic carbocycles. The van der Waals surface area contributed by atoms with Crippen molar-refractivity contribution in [2.45, 2.75) is 13.0 Å². The van der Waals surface area contributed by atoms with E-state index < -0.39 is 0 Å². The fraction of sp³-hybridized carbons (Fsp3) is 0.192. The fourth-order valence-electron chi connectivity index (χ4n) is 3.91. The van der Waals surface area contributed by atoms with Crippen LogP contribution in [0.3, 0.4) is 0 Å². The van der Waals surface area contributed by atoms with Gasteiger partial charge in [0.05, 0.1) is 18.1 Å². The molecule has 0 saturated carbocycles. The van der Waals surface area contributed by atoms with Gasteiger partial charge in [0.25, 0.3) is 0 Å². The summed E-state index contributed by atoms with van der Waals surface area (Å²) in [6.07, 6.45) is 2.21. The number of rotatable bonds is 6. The molecule has 0 amide bonds. The smallest absolute Gasteiger partial charge is 0.235 e. The van der Waals surface area contributed by atoms with Crippen LogP contribution >= 0.6 is 11.6 Å². The van der Waals surface area contributed by atoms with Gasteiger partial charge in [0.15, 0.2) is 11.5 Å². The third-order valence-electron chi connectivity index (χ3n) is 5.67. The molecule has 0 spiro atoms. The molecule has 6 nitrogen and oxygen atoms in total. The average molecular weight is 464 g/mol. The summed E-state index contributed by atoms with van der Waals surface area (Å²) in [6.45, 7) is 1.90. The van der Waals surface area contributed by atoms with Gasteiger partial charge in [0, 0.05) is 18.1 Å². The SMILES string of the molecule is COc1ccccc1Oc1coc2c3c(ccc2c1=O)OCN(CCc1ccc(Cl)cc1)C3. The number of hydrogen-bond acceptors (Lipinski definition) is 6. The van der Waals surface area contributed by atoms with Crippen molar-refractivity contribution in [3.63, 3.8) is 0 Å². The minimum atomic E-state index is -0.247. The number of ether oxygens (including phenoxy) is 3. The number of methoxy groups -OCH3 is 1. The van der Waals surface area contributed by atoms with Crippen molar-refractivity contribution < 1.29 is 18.6 Å². The molecule has 0 atom stereocenters. The van der Waals surface area contributed by atoms with Gasteiger partial charge >= 0.3 is 0 Å². The maximum Gasteiger partial charge on any atom is 0.235 e. The summed E-state index contributed by atoms with van der Waals surface area (Å²) in [7, 11) is 1.55. The Labute approximate surface area is 195 Å². The van der Waals surface area contributed by atoms with Crippen LogP contribution in [0.1, 0.15) is 11.1 Å². The van der Waals surface area contributed by atoms with E-state index in [2.05, 4.69) is 4.90 Å². The lowest BCUT2D eigenvalue weighted by Crippen LogP contribution is -2.33. The van der Waals surface area contributed by atoms with Gasteiger partial charge in [0.2, 0.25) is 11.2 Å². The molecule has 0 saturated heterocycles. The van der Waals surface area contributed by atoms with Crippen LogP contribution < -0.4 is 19.6 Å². The molecule has 168 valence electrons. The van der Waals surface area contributed by atoms with E-state index in [1.54, 1.807) is 25.3 Å². The van der Waals surface area contributed by atoms with Gasteiger partial charge in [-0.25, -0.2) is 0 Å². The predicted octanol–water partition coefficient (Wildman–Crippen LogP) is 5.64. The first-order chi connectivity index (χ1) is 16.1. The number of nitrogens with zero attached hydrogens (tertiary/aromatic N) is 1. The van der Waals surface area contributed by atoms with Gasteiger partial charge in [-0.3, -0.25) is 9.69 Å². The number of para-hydroxylation sites is 2. The van der Waals surface area contributed by atoms with Gasteiger partial charge in [0.1, 0.15) is 24.3 Å². The van der Waals surface area contributed by atoms with Crippen molar-refractivity contribution in [1.29, 1.82) is 0 Å². The molecule has 0 bridgehead atoms. The van der Waals surface area contributed by atoms with Crippen molar-refractivity contribution in [3.05, 3.63) is 93.3 Å². The Hall–Kier alpha value is -3.48. The highest BCUT2D eigenvalue weighted by Crippen LogP contribution is 2.34. The standard InChI is InChI=1S/C26H22ClNO5/c1-30-22-4-2-3-5-23(22)33-24-15-31-26-19(25(24)29)10-11-21-20(26)14-28(16-32-21)13-12-17-6-8-18(27)9-7-17/h2-11,15H,12-14,16H2,1H3. The quantitative estimate of drug-likeness (QED) is 0.368. The summed E-state index contributed by atoms with van der Waals surface area (Å²) >= 11 is 5.97. The summed E-state index contributed by atoms with van der Waals surface area (Å²) in [5.41, 5.74) is 2.33. The van der Waals surface area contributed by atoms with Crippen LogP contribution in [0.25, 0.3) is 11.0 Å². The fourth-order valence-corrected chi connectivity index (χ4v) is 4.04. The van der Waals surface area contributed by atoms with E-state index in [0.717, 1.165) is 29.3 Å². The molecule has 1 aromatic heterocycles. The lowest BCUT2D eigenvalue weighted by atomic mass is 10.1. The molecule has 1 aliphatic rings. The Morgan fingerprint density at radius 2 is 1.79 bits per heavy atom. The van der Waals surface area contributed by atoms with E-state index >= 15 is 0 Å². The first-order valence-electron chi connectivity index (χ1n) is 10.6. The van der Waals surface area contributed by atoms with Crippen LogP contribution in [0.15, 0.2) is 76.1 Å². The van der Waals surface area contributed by atoms with Crippen LogP contribution in [0, 0.1) is 0 Å². The molecular formula is C26H22ClNO5. The Morgan fingerprint density at radius 1 is 1.00 bits per heavy atom. The number of halogens is 1. The maximum atomic E-state index is 13.1. The van der Waals surface area contributed by atoms with Crippen LogP contribution in [0.4, 0.5) is 0 Å². The van der Waals surface area contributed by atoms with Gasteiger partial charge < -0.3 is 18.6 Å². The Kier molecular flexibility index (Phi) is 5.94. The van der Waals surface area contributed by atoms with Crippen LogP contribution in [0.5, 0.6) is 23.0 Å². The number of fused-ring (bicyclic) bond motifs is 3.